The maximum Gasteiger partial charge on any atom is 0.314 e. The fourth-order valence-electron chi connectivity index (χ4n) is 5.26. The second-order valence-corrected chi connectivity index (χ2v) is 8.21. The standard InChI is InChI=1S/C22H19NO6S/c1-23-19(30)18-20(14-10-6-7-11-15(14)21(23,25-2)27-18)17-16(24)12-8-4-5-9-13(12)22(26-3,28-17)29-20/h4-11,17-18H,1-3H3. The molecule has 8 heteroatoms. The summed E-state index contributed by atoms with van der Waals surface area (Å²) in [5.74, 6) is -2.94. The maximum absolute atomic E-state index is 13.6. The number of carbonyl (C=O) groups is 1. The van der Waals surface area contributed by atoms with Crippen LogP contribution >= 0.6 is 12.2 Å². The van der Waals surface area contributed by atoms with Crippen molar-refractivity contribution in [3.8, 4) is 0 Å². The highest BCUT2D eigenvalue weighted by atomic mass is 32.1. The number of Topliss-reactive ketones (excluding diaryl/α,β-unsaturated/α-hetero) is 1. The molecule has 0 amide bonds. The van der Waals surface area contributed by atoms with Crippen LogP contribution in [0.1, 0.15) is 27.0 Å². The second kappa shape index (κ2) is 5.73. The summed E-state index contributed by atoms with van der Waals surface area (Å²) in [6, 6.07) is 14.7. The van der Waals surface area contributed by atoms with Crippen LogP contribution in [0.25, 0.3) is 0 Å². The van der Waals surface area contributed by atoms with Crippen molar-refractivity contribution in [1.82, 2.24) is 4.90 Å². The van der Waals surface area contributed by atoms with E-state index >= 15 is 0 Å². The number of thiocarbonyl (C=S) groups is 1. The van der Waals surface area contributed by atoms with Crippen molar-refractivity contribution in [3.63, 3.8) is 0 Å². The van der Waals surface area contributed by atoms with Crippen molar-refractivity contribution in [1.29, 1.82) is 0 Å². The van der Waals surface area contributed by atoms with Crippen LogP contribution in [0.4, 0.5) is 0 Å². The Morgan fingerprint density at radius 2 is 1.60 bits per heavy atom. The molecule has 0 aromatic heterocycles. The first kappa shape index (κ1) is 18.6. The number of benzene rings is 2. The molecular formula is C22H19NO6S. The molecule has 6 rings (SSSR count). The van der Waals surface area contributed by atoms with Crippen molar-refractivity contribution < 1.29 is 28.5 Å². The minimum Gasteiger partial charge on any atom is -0.332 e. The highest BCUT2D eigenvalue weighted by Crippen LogP contribution is 2.62. The van der Waals surface area contributed by atoms with Crippen LogP contribution < -0.4 is 0 Å². The van der Waals surface area contributed by atoms with Crippen LogP contribution in [0, 0.1) is 0 Å². The van der Waals surface area contributed by atoms with Gasteiger partial charge in [0.15, 0.2) is 17.5 Å². The number of methoxy groups -OCH3 is 2. The van der Waals surface area contributed by atoms with E-state index in [4.69, 9.17) is 35.9 Å². The van der Waals surface area contributed by atoms with Gasteiger partial charge in [-0.25, -0.2) is 0 Å². The lowest BCUT2D eigenvalue weighted by molar-refractivity contribution is -0.368. The Morgan fingerprint density at radius 1 is 0.933 bits per heavy atom. The minimum atomic E-state index is -1.55. The smallest absolute Gasteiger partial charge is 0.314 e. The van der Waals surface area contributed by atoms with Crippen molar-refractivity contribution >= 4 is 23.0 Å². The van der Waals surface area contributed by atoms with Gasteiger partial charge >= 0.3 is 5.97 Å². The van der Waals surface area contributed by atoms with E-state index in [9.17, 15) is 4.79 Å². The third-order valence-electron chi connectivity index (χ3n) is 6.62. The van der Waals surface area contributed by atoms with Gasteiger partial charge in [0.05, 0.1) is 5.56 Å². The van der Waals surface area contributed by atoms with Crippen LogP contribution in [0.15, 0.2) is 48.5 Å². The first-order valence-electron chi connectivity index (χ1n) is 9.62. The molecule has 7 nitrogen and oxygen atoms in total. The summed E-state index contributed by atoms with van der Waals surface area (Å²) in [5, 5.41) is 0. The number of ketones is 1. The van der Waals surface area contributed by atoms with E-state index in [0.29, 0.717) is 21.7 Å². The molecule has 4 bridgehead atoms. The van der Waals surface area contributed by atoms with E-state index in [1.807, 2.05) is 43.4 Å². The number of nitrogens with zero attached hydrogens (tertiary/aromatic N) is 1. The number of carbonyl (C=O) groups excluding carboxylic acids is 1. The van der Waals surface area contributed by atoms with Gasteiger partial charge in [-0.3, -0.25) is 4.79 Å². The van der Waals surface area contributed by atoms with Gasteiger partial charge in [0.2, 0.25) is 0 Å². The number of hydrogen-bond acceptors (Lipinski definition) is 7. The van der Waals surface area contributed by atoms with Gasteiger partial charge in [0.25, 0.3) is 5.91 Å². The number of likely N-dealkylation sites (N-methyl/N-ethyl adjacent to an activating group) is 1. The zero-order valence-electron chi connectivity index (χ0n) is 16.6. The van der Waals surface area contributed by atoms with E-state index in [1.54, 1.807) is 24.1 Å². The van der Waals surface area contributed by atoms with Gasteiger partial charge in [-0.1, -0.05) is 60.7 Å². The summed E-state index contributed by atoms with van der Waals surface area (Å²) in [4.78, 5) is 15.9. The topological polar surface area (TPSA) is 66.5 Å². The predicted molar refractivity (Wildman–Crippen MR) is 107 cm³/mol. The molecule has 1 spiro atoms. The van der Waals surface area contributed by atoms with Crippen molar-refractivity contribution in [3.05, 3.63) is 70.8 Å². The molecule has 2 aromatic rings. The van der Waals surface area contributed by atoms with Crippen molar-refractivity contribution in [2.24, 2.45) is 0 Å². The minimum absolute atomic E-state index is 0.198. The summed E-state index contributed by atoms with van der Waals surface area (Å²) in [5.41, 5.74) is 1.16. The lowest BCUT2D eigenvalue weighted by Gasteiger charge is -2.44. The largest absolute Gasteiger partial charge is 0.332 e. The number of fused-ring (bicyclic) bond motifs is 11. The molecule has 0 N–H and O–H groups in total. The maximum atomic E-state index is 13.6. The number of rotatable bonds is 2. The van der Waals surface area contributed by atoms with Crippen molar-refractivity contribution in [2.45, 2.75) is 29.7 Å². The van der Waals surface area contributed by atoms with Gasteiger partial charge in [-0.15, -0.1) is 0 Å². The molecule has 2 fully saturated rings. The molecule has 154 valence electrons. The van der Waals surface area contributed by atoms with Crippen LogP contribution in [0.5, 0.6) is 0 Å². The van der Waals surface area contributed by atoms with E-state index < -0.39 is 29.7 Å². The first-order chi connectivity index (χ1) is 14.4. The Labute approximate surface area is 178 Å². The molecule has 4 aliphatic rings. The average molecular weight is 425 g/mol. The molecule has 4 heterocycles. The summed E-state index contributed by atoms with van der Waals surface area (Å²) < 4.78 is 30.9. The molecule has 5 atom stereocenters. The molecule has 2 saturated heterocycles. The highest BCUT2D eigenvalue weighted by molar-refractivity contribution is 7.80. The fraction of sp³-hybridized carbons (Fsp3) is 0.364. The SMILES string of the molecule is COC12OC(C(=O)c3ccccc31)C1(O2)c2ccccc2C2(OC)OC1C(=S)N2C. The Balaban J connectivity index is 1.67. The van der Waals surface area contributed by atoms with Gasteiger partial charge in [0, 0.05) is 38.0 Å². The predicted octanol–water partition coefficient (Wildman–Crippen LogP) is 2.38. The fourth-order valence-corrected chi connectivity index (χ4v) is 5.61. The lowest BCUT2D eigenvalue weighted by atomic mass is 9.76. The summed E-state index contributed by atoms with van der Waals surface area (Å²) in [7, 11) is 4.88. The third kappa shape index (κ3) is 1.80. The van der Waals surface area contributed by atoms with E-state index in [0.717, 1.165) is 5.56 Å². The Morgan fingerprint density at radius 3 is 2.30 bits per heavy atom. The molecule has 0 aliphatic carbocycles. The quantitative estimate of drug-likeness (QED) is 0.680. The zero-order valence-corrected chi connectivity index (χ0v) is 17.4. The second-order valence-electron chi connectivity index (χ2n) is 7.79. The van der Waals surface area contributed by atoms with E-state index in [1.165, 1.54) is 7.11 Å². The van der Waals surface area contributed by atoms with Gasteiger partial charge in [0.1, 0.15) is 11.1 Å². The third-order valence-corrected chi connectivity index (χ3v) is 7.11. The normalized spacial score (nSPS) is 38.2. The molecular weight excluding hydrogens is 406 g/mol. The van der Waals surface area contributed by atoms with Crippen LogP contribution in [0.2, 0.25) is 0 Å². The molecule has 30 heavy (non-hydrogen) atoms. The van der Waals surface area contributed by atoms with Crippen LogP contribution in [0.3, 0.4) is 0 Å². The summed E-state index contributed by atoms with van der Waals surface area (Å²) in [6.07, 6.45) is -1.79. The molecule has 0 radical (unpaired) electrons. The van der Waals surface area contributed by atoms with Crippen LogP contribution in [-0.4, -0.2) is 49.1 Å². The number of hydrogen-bond donors (Lipinski definition) is 0. The Bertz CT molecular complexity index is 1120. The van der Waals surface area contributed by atoms with Gasteiger partial charge in [-0.2, -0.15) is 0 Å². The summed E-state index contributed by atoms with van der Waals surface area (Å²) >= 11 is 5.76. The molecule has 4 aliphatic heterocycles. The lowest BCUT2D eigenvalue weighted by Crippen LogP contribution is -2.56. The Hall–Kier alpha value is -2.20. The average Bonchev–Trinajstić information content (AvgIpc) is 3.23. The van der Waals surface area contributed by atoms with E-state index in [2.05, 4.69) is 0 Å². The molecule has 5 unspecified atom stereocenters. The molecule has 0 saturated carbocycles. The Kier molecular flexibility index (Phi) is 3.54. The monoisotopic (exact) mass is 425 g/mol. The number of ether oxygens (including phenoxy) is 5. The zero-order chi connectivity index (χ0) is 20.9. The molecule has 2 aromatic carbocycles. The van der Waals surface area contributed by atoms with Crippen molar-refractivity contribution in [2.75, 3.05) is 21.3 Å². The highest BCUT2D eigenvalue weighted by Gasteiger charge is 2.76. The van der Waals surface area contributed by atoms with Gasteiger partial charge < -0.3 is 28.6 Å². The summed E-state index contributed by atoms with van der Waals surface area (Å²) in [6.45, 7) is 0. The first-order valence-corrected chi connectivity index (χ1v) is 10.0. The van der Waals surface area contributed by atoms with Crippen LogP contribution in [-0.2, 0) is 41.2 Å². The van der Waals surface area contributed by atoms with E-state index in [-0.39, 0.29) is 5.78 Å². The van der Waals surface area contributed by atoms with Gasteiger partial charge in [-0.05, 0) is 0 Å².